The molecule has 0 N–H and O–H groups in total. The van der Waals surface area contributed by atoms with Crippen LogP contribution in [0.25, 0.3) is 0 Å². The van der Waals surface area contributed by atoms with Gasteiger partial charge in [0.2, 0.25) is 0 Å². The molecule has 0 saturated heterocycles. The van der Waals surface area contributed by atoms with E-state index in [-0.39, 0.29) is 5.92 Å². The molecule has 2 aliphatic rings. The first-order valence-electron chi connectivity index (χ1n) is 9.65. The number of benzene rings is 1. The first-order chi connectivity index (χ1) is 12.1. The molecule has 0 aliphatic heterocycles. The van der Waals surface area contributed by atoms with E-state index in [4.69, 9.17) is 0 Å². The maximum Gasteiger partial charge on any atom is 0.194 e. The van der Waals surface area contributed by atoms with Gasteiger partial charge in [-0.05, 0) is 86.8 Å². The molecular weight excluding hydrogens is 325 g/mol. The Hall–Kier alpha value is -1.32. The van der Waals surface area contributed by atoms with Gasteiger partial charge in [-0.1, -0.05) is 12.8 Å². The Kier molecular flexibility index (Phi) is 6.19. The number of rotatable bonds is 5. The maximum absolute atomic E-state index is 13.3. The van der Waals surface area contributed by atoms with E-state index in [9.17, 15) is 18.0 Å². The maximum atomic E-state index is 13.3. The minimum absolute atomic E-state index is 0.282. The summed E-state index contributed by atoms with van der Waals surface area (Å²) in [5.41, 5.74) is 0.547. The predicted octanol–water partition coefficient (Wildman–Crippen LogP) is 5.85. The van der Waals surface area contributed by atoms with Crippen molar-refractivity contribution in [2.45, 2.75) is 64.2 Å². The first kappa shape index (κ1) is 18.5. The van der Waals surface area contributed by atoms with E-state index in [0.29, 0.717) is 17.9 Å². The van der Waals surface area contributed by atoms with Gasteiger partial charge in [0.25, 0.3) is 0 Å². The standard InChI is InChI=1S/C21H27F3O/c22-19-11-16(12-20(23)21(19)24)2-1-14-3-7-17(8-4-14)18-9-5-15(13-25)6-10-18/h11-15,17-18H,1-10H2/t14?,15-,17?,18-. The van der Waals surface area contributed by atoms with Gasteiger partial charge in [-0.3, -0.25) is 0 Å². The summed E-state index contributed by atoms with van der Waals surface area (Å²) in [7, 11) is 0. The van der Waals surface area contributed by atoms with Crippen LogP contribution in [0.4, 0.5) is 13.2 Å². The molecule has 1 aromatic rings. The molecule has 1 aromatic carbocycles. The van der Waals surface area contributed by atoms with Crippen LogP contribution in [0.5, 0.6) is 0 Å². The third kappa shape index (κ3) is 4.65. The minimum Gasteiger partial charge on any atom is -0.303 e. The van der Waals surface area contributed by atoms with Gasteiger partial charge in [-0.2, -0.15) is 0 Å². The smallest absolute Gasteiger partial charge is 0.194 e. The highest BCUT2D eigenvalue weighted by Gasteiger charge is 2.30. The van der Waals surface area contributed by atoms with Gasteiger partial charge in [0.15, 0.2) is 17.5 Å². The van der Waals surface area contributed by atoms with E-state index < -0.39 is 17.5 Å². The summed E-state index contributed by atoms with van der Waals surface area (Å²) in [6.07, 6.45) is 11.9. The largest absolute Gasteiger partial charge is 0.303 e. The second-order valence-corrected chi connectivity index (χ2v) is 8.00. The molecule has 3 rings (SSSR count). The summed E-state index contributed by atoms with van der Waals surface area (Å²) in [6, 6.07) is 2.24. The van der Waals surface area contributed by atoms with Crippen molar-refractivity contribution in [1.82, 2.24) is 0 Å². The summed E-state index contributed by atoms with van der Waals surface area (Å²) >= 11 is 0. The molecule has 1 nitrogen and oxygen atoms in total. The summed E-state index contributed by atoms with van der Waals surface area (Å²) < 4.78 is 39.6. The summed E-state index contributed by atoms with van der Waals surface area (Å²) in [6.45, 7) is 0. The van der Waals surface area contributed by atoms with Crippen molar-refractivity contribution >= 4 is 6.29 Å². The Morgan fingerprint density at radius 2 is 1.36 bits per heavy atom. The Balaban J connectivity index is 1.43. The molecule has 0 spiro atoms. The minimum atomic E-state index is -1.38. The molecular formula is C21H27F3O. The van der Waals surface area contributed by atoms with Crippen molar-refractivity contribution < 1.29 is 18.0 Å². The fourth-order valence-electron chi connectivity index (χ4n) is 4.82. The van der Waals surface area contributed by atoms with Gasteiger partial charge >= 0.3 is 0 Å². The van der Waals surface area contributed by atoms with Crippen LogP contribution in [-0.4, -0.2) is 6.29 Å². The third-order valence-electron chi connectivity index (χ3n) is 6.45. The molecule has 0 bridgehead atoms. The predicted molar refractivity (Wildman–Crippen MR) is 91.6 cm³/mol. The first-order valence-corrected chi connectivity index (χ1v) is 9.65. The Bertz CT molecular complexity index is 562. The Morgan fingerprint density at radius 1 is 0.840 bits per heavy atom. The van der Waals surface area contributed by atoms with Crippen LogP contribution in [0, 0.1) is 41.1 Å². The van der Waals surface area contributed by atoms with Crippen molar-refractivity contribution in [2.75, 3.05) is 0 Å². The van der Waals surface area contributed by atoms with E-state index in [1.54, 1.807) is 0 Å². The van der Waals surface area contributed by atoms with Crippen molar-refractivity contribution in [3.63, 3.8) is 0 Å². The van der Waals surface area contributed by atoms with E-state index >= 15 is 0 Å². The molecule has 25 heavy (non-hydrogen) atoms. The molecule has 138 valence electrons. The highest BCUT2D eigenvalue weighted by molar-refractivity contribution is 5.53. The van der Waals surface area contributed by atoms with Crippen molar-refractivity contribution in [1.29, 1.82) is 0 Å². The van der Waals surface area contributed by atoms with Crippen LogP contribution in [0.3, 0.4) is 0 Å². The molecule has 2 fully saturated rings. The number of aldehydes is 1. The Labute approximate surface area is 148 Å². The zero-order valence-electron chi connectivity index (χ0n) is 14.7. The van der Waals surface area contributed by atoms with Crippen LogP contribution in [0.1, 0.15) is 63.4 Å². The molecule has 2 aliphatic carbocycles. The molecule has 0 unspecified atom stereocenters. The summed E-state index contributed by atoms with van der Waals surface area (Å²) in [4.78, 5) is 10.9. The van der Waals surface area contributed by atoms with Crippen LogP contribution in [-0.2, 0) is 11.2 Å². The lowest BCUT2D eigenvalue weighted by molar-refractivity contribution is -0.112. The number of hydrogen-bond donors (Lipinski definition) is 0. The van der Waals surface area contributed by atoms with Gasteiger partial charge in [0.1, 0.15) is 6.29 Å². The number of halogens is 3. The molecule has 2 saturated carbocycles. The van der Waals surface area contributed by atoms with E-state index in [1.165, 1.54) is 38.5 Å². The van der Waals surface area contributed by atoms with Gasteiger partial charge in [0, 0.05) is 5.92 Å². The number of aryl methyl sites for hydroxylation is 1. The van der Waals surface area contributed by atoms with Crippen molar-refractivity contribution in [3.05, 3.63) is 35.1 Å². The zero-order valence-corrected chi connectivity index (χ0v) is 14.7. The topological polar surface area (TPSA) is 17.1 Å². The molecule has 0 amide bonds. The second-order valence-electron chi connectivity index (χ2n) is 8.00. The highest BCUT2D eigenvalue weighted by atomic mass is 19.2. The average Bonchev–Trinajstić information content (AvgIpc) is 2.65. The fraction of sp³-hybridized carbons (Fsp3) is 0.667. The number of hydrogen-bond acceptors (Lipinski definition) is 1. The Morgan fingerprint density at radius 3 is 1.88 bits per heavy atom. The lowest BCUT2D eigenvalue weighted by Gasteiger charge is -2.37. The van der Waals surface area contributed by atoms with Gasteiger partial charge in [0.05, 0.1) is 0 Å². The molecule has 0 aromatic heterocycles. The monoisotopic (exact) mass is 352 g/mol. The third-order valence-corrected chi connectivity index (χ3v) is 6.45. The SMILES string of the molecule is O=C[C@H]1CC[C@H](C2CCC(CCc3cc(F)c(F)c(F)c3)CC2)CC1. The van der Waals surface area contributed by atoms with Crippen LogP contribution >= 0.6 is 0 Å². The van der Waals surface area contributed by atoms with Crippen molar-refractivity contribution in [3.8, 4) is 0 Å². The van der Waals surface area contributed by atoms with Crippen molar-refractivity contribution in [2.24, 2.45) is 23.7 Å². The normalized spacial score (nSPS) is 30.2. The van der Waals surface area contributed by atoms with E-state index in [0.717, 1.165) is 49.5 Å². The molecule has 0 radical (unpaired) electrons. The lowest BCUT2D eigenvalue weighted by atomic mass is 9.69. The quantitative estimate of drug-likeness (QED) is 0.480. The van der Waals surface area contributed by atoms with Gasteiger partial charge < -0.3 is 4.79 Å². The van der Waals surface area contributed by atoms with E-state index in [2.05, 4.69) is 0 Å². The lowest BCUT2D eigenvalue weighted by Crippen LogP contribution is -2.26. The second kappa shape index (κ2) is 8.37. The summed E-state index contributed by atoms with van der Waals surface area (Å²) in [5, 5.41) is 0. The fourth-order valence-corrected chi connectivity index (χ4v) is 4.82. The highest BCUT2D eigenvalue weighted by Crippen LogP contribution is 2.41. The van der Waals surface area contributed by atoms with E-state index in [1.807, 2.05) is 0 Å². The van der Waals surface area contributed by atoms with Gasteiger partial charge in [-0.25, -0.2) is 13.2 Å². The molecule has 0 heterocycles. The van der Waals surface area contributed by atoms with Crippen LogP contribution in [0.15, 0.2) is 12.1 Å². The molecule has 0 atom stereocenters. The zero-order chi connectivity index (χ0) is 17.8. The van der Waals surface area contributed by atoms with Crippen LogP contribution < -0.4 is 0 Å². The summed E-state index contributed by atoms with van der Waals surface area (Å²) in [5.74, 6) is -1.13. The van der Waals surface area contributed by atoms with Gasteiger partial charge in [-0.15, -0.1) is 0 Å². The average molecular weight is 352 g/mol. The van der Waals surface area contributed by atoms with Crippen LogP contribution in [0.2, 0.25) is 0 Å². The number of carbonyl (C=O) groups excluding carboxylic acids is 1. The number of carbonyl (C=O) groups is 1. The molecule has 4 heteroatoms.